The van der Waals surface area contributed by atoms with E-state index in [9.17, 15) is 13.2 Å². The molecule has 170 valence electrons. The molecule has 0 radical (unpaired) electrons. The van der Waals surface area contributed by atoms with Crippen molar-refractivity contribution >= 4 is 26.7 Å². The molecule has 7 heteroatoms. The van der Waals surface area contributed by atoms with Gasteiger partial charge in [-0.15, -0.1) is 0 Å². The number of aromatic nitrogens is 3. The third-order valence-electron chi connectivity index (χ3n) is 5.99. The first kappa shape index (κ1) is 22.1. The monoisotopic (exact) mass is 469 g/mol. The summed E-state index contributed by atoms with van der Waals surface area (Å²) in [7, 11) is -3.80. The zero-order chi connectivity index (χ0) is 24.1. The van der Waals surface area contributed by atoms with Crippen LogP contribution in [0.4, 0.5) is 0 Å². The van der Waals surface area contributed by atoms with Gasteiger partial charge in [0.1, 0.15) is 0 Å². The number of carbonyl (C=O) groups is 1. The number of pyridine rings is 1. The first-order chi connectivity index (χ1) is 16.1. The maximum absolute atomic E-state index is 13.0. The summed E-state index contributed by atoms with van der Waals surface area (Å²) in [5.41, 5.74) is 4.26. The molecule has 0 saturated carbocycles. The van der Waals surface area contributed by atoms with E-state index >= 15 is 0 Å². The highest BCUT2D eigenvalue weighted by atomic mass is 32.2. The molecule has 0 bridgehead atoms. The van der Waals surface area contributed by atoms with Crippen molar-refractivity contribution in [2.45, 2.75) is 38.5 Å². The summed E-state index contributed by atoms with van der Waals surface area (Å²) in [4.78, 5) is 17.2. The number of rotatable bonds is 2. The van der Waals surface area contributed by atoms with Crippen LogP contribution in [0.3, 0.4) is 0 Å². The Kier molecular flexibility index (Phi) is 5.14. The van der Waals surface area contributed by atoms with Gasteiger partial charge in [0.2, 0.25) is 0 Å². The van der Waals surface area contributed by atoms with Crippen molar-refractivity contribution in [2.75, 3.05) is 0 Å². The minimum Gasteiger partial charge on any atom is -0.294 e. The van der Waals surface area contributed by atoms with Crippen LogP contribution >= 0.6 is 0 Å². The highest BCUT2D eigenvalue weighted by Crippen LogP contribution is 2.33. The van der Waals surface area contributed by atoms with Crippen LogP contribution in [0.1, 0.15) is 53.0 Å². The van der Waals surface area contributed by atoms with Crippen LogP contribution in [0.25, 0.3) is 10.9 Å². The van der Waals surface area contributed by atoms with E-state index < -0.39 is 10.0 Å². The Morgan fingerprint density at radius 1 is 0.941 bits per heavy atom. The van der Waals surface area contributed by atoms with E-state index in [0.29, 0.717) is 34.0 Å². The summed E-state index contributed by atoms with van der Waals surface area (Å²) < 4.78 is 27.1. The Labute approximate surface area is 198 Å². The lowest BCUT2D eigenvalue weighted by Gasteiger charge is -2.29. The maximum Gasteiger partial charge on any atom is 0.283 e. The van der Waals surface area contributed by atoms with E-state index in [1.54, 1.807) is 48.7 Å². The molecule has 0 atom stereocenters. The fourth-order valence-corrected chi connectivity index (χ4v) is 5.50. The van der Waals surface area contributed by atoms with Crippen molar-refractivity contribution in [2.24, 2.45) is 5.41 Å². The van der Waals surface area contributed by atoms with E-state index in [1.807, 2.05) is 13.0 Å². The third kappa shape index (κ3) is 4.02. The number of fused-ring (bicyclic) bond motifs is 2. The predicted octanol–water partition coefficient (Wildman–Crippen LogP) is 4.53. The van der Waals surface area contributed by atoms with Gasteiger partial charge in [-0.05, 0) is 55.2 Å². The molecule has 0 spiro atoms. The van der Waals surface area contributed by atoms with Crippen LogP contribution in [0, 0.1) is 24.2 Å². The lowest BCUT2D eigenvalue weighted by Crippen LogP contribution is -2.27. The number of carbonyl (C=O) groups excluding carboxylic acids is 1. The smallest absolute Gasteiger partial charge is 0.283 e. The summed E-state index contributed by atoms with van der Waals surface area (Å²) in [6.07, 6.45) is 4.50. The van der Waals surface area contributed by atoms with Gasteiger partial charge in [0.05, 0.1) is 22.3 Å². The van der Waals surface area contributed by atoms with Crippen molar-refractivity contribution < 1.29 is 13.2 Å². The van der Waals surface area contributed by atoms with Gasteiger partial charge in [-0.2, -0.15) is 17.6 Å². The van der Waals surface area contributed by atoms with Crippen molar-refractivity contribution in [1.82, 2.24) is 14.2 Å². The molecule has 0 unspecified atom stereocenters. The molecule has 5 rings (SSSR count). The molecule has 6 nitrogen and oxygen atoms in total. The minimum atomic E-state index is -3.80. The molecule has 2 heterocycles. The third-order valence-corrected chi connectivity index (χ3v) is 7.60. The average molecular weight is 470 g/mol. The molecular formula is C27H23N3O3S. The number of ketones is 1. The maximum atomic E-state index is 13.0. The SMILES string of the molecule is Cc1ccc(S(=O)(=O)n2ncc3cc(C#Cc4cnc5c(c4)C(=O)CC(C)(C)C5)ccc32)cc1. The number of Topliss-reactive ketones (excluding diaryl/α,β-unsaturated/α-hetero) is 1. The van der Waals surface area contributed by atoms with Crippen LogP contribution in [0.5, 0.6) is 0 Å². The van der Waals surface area contributed by atoms with Crippen molar-refractivity contribution in [3.05, 3.63) is 88.9 Å². The molecular weight excluding hydrogens is 446 g/mol. The van der Waals surface area contributed by atoms with Crippen LogP contribution in [-0.2, 0) is 16.4 Å². The van der Waals surface area contributed by atoms with Crippen LogP contribution in [-0.4, -0.2) is 28.4 Å². The van der Waals surface area contributed by atoms with Crippen molar-refractivity contribution in [3.63, 3.8) is 0 Å². The van der Waals surface area contributed by atoms with E-state index in [4.69, 9.17) is 0 Å². The first-order valence-electron chi connectivity index (χ1n) is 11.0. The van der Waals surface area contributed by atoms with E-state index in [-0.39, 0.29) is 16.1 Å². The zero-order valence-corrected chi connectivity index (χ0v) is 20.0. The second-order valence-corrected chi connectivity index (χ2v) is 11.3. The number of hydrogen-bond donors (Lipinski definition) is 0. The van der Waals surface area contributed by atoms with Crippen molar-refractivity contribution in [3.8, 4) is 11.8 Å². The largest absolute Gasteiger partial charge is 0.294 e. The fourth-order valence-electron chi connectivity index (χ4n) is 4.22. The Morgan fingerprint density at radius 3 is 2.44 bits per heavy atom. The summed E-state index contributed by atoms with van der Waals surface area (Å²) in [5.74, 6) is 6.27. The highest BCUT2D eigenvalue weighted by molar-refractivity contribution is 7.90. The molecule has 2 aromatic heterocycles. The lowest BCUT2D eigenvalue weighted by atomic mass is 9.75. The normalized spacial score (nSPS) is 15.0. The Balaban J connectivity index is 1.45. The molecule has 0 fully saturated rings. The first-order valence-corrected chi connectivity index (χ1v) is 12.4. The summed E-state index contributed by atoms with van der Waals surface area (Å²) >= 11 is 0. The van der Waals surface area contributed by atoms with Gasteiger partial charge in [-0.3, -0.25) is 9.78 Å². The molecule has 2 aromatic carbocycles. The van der Waals surface area contributed by atoms with Gasteiger partial charge in [0, 0.05) is 34.7 Å². The van der Waals surface area contributed by atoms with Gasteiger partial charge in [-0.1, -0.05) is 43.4 Å². The molecule has 0 aliphatic heterocycles. The second kappa shape index (κ2) is 7.93. The van der Waals surface area contributed by atoms with Crippen LogP contribution in [0.2, 0.25) is 0 Å². The second-order valence-electron chi connectivity index (χ2n) is 9.49. The van der Waals surface area contributed by atoms with Crippen molar-refractivity contribution in [1.29, 1.82) is 0 Å². The standard InChI is InChI=1S/C27H23N3O3S/c1-18-4-9-22(10-5-18)34(32,33)30-25-11-8-19(12-21(25)17-29-30)6-7-20-13-23-24(28-16-20)14-27(2,3)15-26(23)31/h4-5,8-13,16-17H,14-15H2,1-3H3. The zero-order valence-electron chi connectivity index (χ0n) is 19.2. The number of benzene rings is 2. The van der Waals surface area contributed by atoms with E-state index in [0.717, 1.165) is 21.8 Å². The van der Waals surface area contributed by atoms with Crippen LogP contribution in [0.15, 0.2) is 65.8 Å². The van der Waals surface area contributed by atoms with Gasteiger partial charge >= 0.3 is 0 Å². The molecule has 1 aliphatic carbocycles. The van der Waals surface area contributed by atoms with Gasteiger partial charge < -0.3 is 0 Å². The van der Waals surface area contributed by atoms with E-state index in [1.165, 1.54) is 6.20 Å². The molecule has 4 aromatic rings. The van der Waals surface area contributed by atoms with Gasteiger partial charge in [0.25, 0.3) is 10.0 Å². The molecule has 34 heavy (non-hydrogen) atoms. The van der Waals surface area contributed by atoms with Crippen LogP contribution < -0.4 is 0 Å². The van der Waals surface area contributed by atoms with Gasteiger partial charge in [-0.25, -0.2) is 0 Å². The number of nitrogens with zero attached hydrogens (tertiary/aromatic N) is 3. The molecule has 0 amide bonds. The quantitative estimate of drug-likeness (QED) is 0.403. The number of hydrogen-bond acceptors (Lipinski definition) is 5. The summed E-state index contributed by atoms with van der Waals surface area (Å²) in [6.45, 7) is 6.06. The highest BCUT2D eigenvalue weighted by Gasteiger charge is 2.31. The van der Waals surface area contributed by atoms with Gasteiger partial charge in [0.15, 0.2) is 5.78 Å². The Bertz CT molecular complexity index is 1620. The topological polar surface area (TPSA) is 81.9 Å². The summed E-state index contributed by atoms with van der Waals surface area (Å²) in [5, 5.41) is 4.80. The van der Waals surface area contributed by atoms with E-state index in [2.05, 4.69) is 35.8 Å². The minimum absolute atomic E-state index is 0.0724. The molecule has 0 saturated heterocycles. The Morgan fingerprint density at radius 2 is 1.68 bits per heavy atom. The average Bonchev–Trinajstić information content (AvgIpc) is 3.22. The number of aryl methyl sites for hydroxylation is 1. The Hall–Kier alpha value is -3.76. The summed E-state index contributed by atoms with van der Waals surface area (Å²) in [6, 6.07) is 13.8. The fraction of sp³-hybridized carbons (Fsp3) is 0.222. The molecule has 1 aliphatic rings. The molecule has 0 N–H and O–H groups in total. The lowest BCUT2D eigenvalue weighted by molar-refractivity contribution is 0.0910. The predicted molar refractivity (Wildman–Crippen MR) is 130 cm³/mol.